The van der Waals surface area contributed by atoms with Gasteiger partial charge in [0.1, 0.15) is 0 Å². The van der Waals surface area contributed by atoms with Crippen molar-refractivity contribution in [3.63, 3.8) is 0 Å². The molecule has 0 saturated carbocycles. The van der Waals surface area contributed by atoms with Gasteiger partial charge in [0.2, 0.25) is 5.91 Å². The van der Waals surface area contributed by atoms with Gasteiger partial charge in [0, 0.05) is 44.7 Å². The van der Waals surface area contributed by atoms with Crippen LogP contribution in [0.15, 0.2) is 0 Å². The zero-order chi connectivity index (χ0) is 13.7. The van der Waals surface area contributed by atoms with Crippen molar-refractivity contribution in [2.45, 2.75) is 44.7 Å². The molecule has 2 fully saturated rings. The molecular weight excluding hydrogens is 313 g/mol. The van der Waals surface area contributed by atoms with Gasteiger partial charge in [0.25, 0.3) is 0 Å². The number of ether oxygens (including phenoxy) is 1. The summed E-state index contributed by atoms with van der Waals surface area (Å²) in [6.45, 7) is 7.42. The van der Waals surface area contributed by atoms with Crippen LogP contribution in [-0.2, 0) is 9.53 Å². The first-order valence-electron chi connectivity index (χ1n) is 7.52. The molecular formula is C14H29Cl2N3O2. The Balaban J connectivity index is 0.00000200. The molecule has 21 heavy (non-hydrogen) atoms. The van der Waals surface area contributed by atoms with Crippen LogP contribution in [0.2, 0.25) is 0 Å². The van der Waals surface area contributed by atoms with Crippen molar-refractivity contribution < 1.29 is 9.53 Å². The van der Waals surface area contributed by atoms with E-state index in [1.165, 1.54) is 6.42 Å². The van der Waals surface area contributed by atoms with Crippen molar-refractivity contribution >= 4 is 30.7 Å². The summed E-state index contributed by atoms with van der Waals surface area (Å²) in [4.78, 5) is 16.8. The van der Waals surface area contributed by atoms with Gasteiger partial charge in [-0.25, -0.2) is 0 Å². The van der Waals surface area contributed by atoms with E-state index in [0.29, 0.717) is 12.5 Å². The minimum atomic E-state index is -0.0431. The molecule has 7 heteroatoms. The van der Waals surface area contributed by atoms with E-state index in [2.05, 4.69) is 9.80 Å². The Bertz CT molecular complexity index is 300. The number of rotatable bonds is 4. The molecule has 0 bridgehead atoms. The lowest BCUT2D eigenvalue weighted by Crippen LogP contribution is -2.52. The van der Waals surface area contributed by atoms with E-state index >= 15 is 0 Å². The number of piperidine rings is 1. The number of carbonyl (C=O) groups excluding carboxylic acids is 1. The van der Waals surface area contributed by atoms with Gasteiger partial charge in [-0.15, -0.1) is 24.8 Å². The third-order valence-electron chi connectivity index (χ3n) is 4.02. The first kappa shape index (κ1) is 20.9. The van der Waals surface area contributed by atoms with E-state index in [1.807, 2.05) is 6.92 Å². The molecule has 126 valence electrons. The maximum Gasteiger partial charge on any atom is 0.224 e. The summed E-state index contributed by atoms with van der Waals surface area (Å²) in [5, 5.41) is 0. The highest BCUT2D eigenvalue weighted by Crippen LogP contribution is 2.19. The van der Waals surface area contributed by atoms with Crippen molar-refractivity contribution in [3.05, 3.63) is 0 Å². The molecule has 0 aliphatic carbocycles. The van der Waals surface area contributed by atoms with Crippen LogP contribution in [0, 0.1) is 0 Å². The van der Waals surface area contributed by atoms with Crippen LogP contribution in [-0.4, -0.2) is 67.2 Å². The molecule has 2 atom stereocenters. The summed E-state index contributed by atoms with van der Waals surface area (Å²) in [5.41, 5.74) is 5.76. The van der Waals surface area contributed by atoms with Crippen LogP contribution in [0.4, 0.5) is 0 Å². The van der Waals surface area contributed by atoms with Gasteiger partial charge in [0.15, 0.2) is 0 Å². The molecule has 5 nitrogen and oxygen atoms in total. The Morgan fingerprint density at radius 1 is 1.24 bits per heavy atom. The third-order valence-corrected chi connectivity index (χ3v) is 4.02. The highest BCUT2D eigenvalue weighted by atomic mass is 35.5. The summed E-state index contributed by atoms with van der Waals surface area (Å²) in [5.74, 6) is 0.230. The number of likely N-dealkylation sites (tertiary alicyclic amines) is 1. The number of nitrogens with zero attached hydrogens (tertiary/aromatic N) is 2. The number of carbonyl (C=O) groups is 1. The van der Waals surface area contributed by atoms with Gasteiger partial charge in [0.05, 0.1) is 13.2 Å². The quantitative estimate of drug-likeness (QED) is 0.836. The molecule has 2 unspecified atom stereocenters. The van der Waals surface area contributed by atoms with E-state index in [0.717, 1.165) is 52.2 Å². The molecule has 2 saturated heterocycles. The lowest BCUT2D eigenvalue weighted by atomic mass is 10.0. The summed E-state index contributed by atoms with van der Waals surface area (Å²) < 4.78 is 5.38. The zero-order valence-electron chi connectivity index (χ0n) is 12.8. The number of halogens is 2. The molecule has 2 N–H and O–H groups in total. The summed E-state index contributed by atoms with van der Waals surface area (Å²) >= 11 is 0. The maximum atomic E-state index is 12.3. The summed E-state index contributed by atoms with van der Waals surface area (Å²) in [7, 11) is 0. The lowest BCUT2D eigenvalue weighted by Gasteiger charge is -2.40. The molecule has 0 aromatic heterocycles. The molecule has 2 aliphatic rings. The van der Waals surface area contributed by atoms with Gasteiger partial charge >= 0.3 is 0 Å². The van der Waals surface area contributed by atoms with Crippen molar-refractivity contribution in [3.8, 4) is 0 Å². The topological polar surface area (TPSA) is 58.8 Å². The highest BCUT2D eigenvalue weighted by molar-refractivity contribution is 5.85. The Labute approximate surface area is 140 Å². The van der Waals surface area contributed by atoms with Gasteiger partial charge in [-0.1, -0.05) is 0 Å². The monoisotopic (exact) mass is 341 g/mol. The molecule has 1 amide bonds. The third kappa shape index (κ3) is 6.70. The fourth-order valence-corrected chi connectivity index (χ4v) is 2.99. The second-order valence-corrected chi connectivity index (χ2v) is 5.83. The number of amides is 1. The molecule has 2 heterocycles. The first-order valence-corrected chi connectivity index (χ1v) is 7.52. The minimum Gasteiger partial charge on any atom is -0.379 e. The number of morpholine rings is 1. The lowest BCUT2D eigenvalue weighted by molar-refractivity contribution is -0.135. The fourth-order valence-electron chi connectivity index (χ4n) is 2.99. The van der Waals surface area contributed by atoms with Crippen LogP contribution in [0.25, 0.3) is 0 Å². The normalized spacial score (nSPS) is 24.7. The molecule has 0 spiro atoms. The average molecular weight is 342 g/mol. The van der Waals surface area contributed by atoms with Crippen molar-refractivity contribution in [2.24, 2.45) is 5.73 Å². The van der Waals surface area contributed by atoms with Crippen LogP contribution >= 0.6 is 24.8 Å². The van der Waals surface area contributed by atoms with Crippen LogP contribution in [0.3, 0.4) is 0 Å². The van der Waals surface area contributed by atoms with Gasteiger partial charge in [-0.05, 0) is 26.2 Å². The molecule has 0 aromatic rings. The Kier molecular flexibility index (Phi) is 10.6. The standard InChI is InChI=1S/C14H27N3O2.2ClH/c1-12(15)10-14(18)17-5-3-2-4-13(17)11-16-6-8-19-9-7-16;;/h12-13H,2-11,15H2,1H3;2*1H. The molecule has 0 aromatic carbocycles. The van der Waals surface area contributed by atoms with Gasteiger partial charge in [-0.3, -0.25) is 9.69 Å². The second kappa shape index (κ2) is 10.6. The van der Waals surface area contributed by atoms with E-state index in [4.69, 9.17) is 10.5 Å². The Morgan fingerprint density at radius 3 is 2.52 bits per heavy atom. The van der Waals surface area contributed by atoms with Crippen molar-refractivity contribution in [1.82, 2.24) is 9.80 Å². The second-order valence-electron chi connectivity index (χ2n) is 5.83. The van der Waals surface area contributed by atoms with E-state index < -0.39 is 0 Å². The Hall–Kier alpha value is -0.0700. The van der Waals surface area contributed by atoms with Crippen LogP contribution in [0.5, 0.6) is 0 Å². The number of hydrogen-bond acceptors (Lipinski definition) is 4. The average Bonchev–Trinajstić information content (AvgIpc) is 2.39. The maximum absolute atomic E-state index is 12.3. The number of nitrogens with two attached hydrogens (primary N) is 1. The van der Waals surface area contributed by atoms with Crippen LogP contribution < -0.4 is 5.73 Å². The summed E-state index contributed by atoms with van der Waals surface area (Å²) in [6, 6.07) is 0.330. The first-order chi connectivity index (χ1) is 9.16. The molecule has 2 rings (SSSR count). The van der Waals surface area contributed by atoms with E-state index in [9.17, 15) is 4.79 Å². The van der Waals surface area contributed by atoms with Crippen molar-refractivity contribution in [2.75, 3.05) is 39.4 Å². The van der Waals surface area contributed by atoms with Crippen molar-refractivity contribution in [1.29, 1.82) is 0 Å². The van der Waals surface area contributed by atoms with Gasteiger partial charge in [-0.2, -0.15) is 0 Å². The zero-order valence-corrected chi connectivity index (χ0v) is 14.5. The molecule has 0 radical (unpaired) electrons. The van der Waals surface area contributed by atoms with E-state index in [-0.39, 0.29) is 36.8 Å². The Morgan fingerprint density at radius 2 is 1.90 bits per heavy atom. The fraction of sp³-hybridized carbons (Fsp3) is 0.929. The highest BCUT2D eigenvalue weighted by Gasteiger charge is 2.28. The molecule has 2 aliphatic heterocycles. The minimum absolute atomic E-state index is 0. The van der Waals surface area contributed by atoms with E-state index in [1.54, 1.807) is 0 Å². The van der Waals surface area contributed by atoms with Crippen LogP contribution in [0.1, 0.15) is 32.6 Å². The predicted molar refractivity (Wildman–Crippen MR) is 89.4 cm³/mol. The number of hydrogen-bond donors (Lipinski definition) is 1. The smallest absolute Gasteiger partial charge is 0.224 e. The summed E-state index contributed by atoms with van der Waals surface area (Å²) in [6.07, 6.45) is 3.96. The predicted octanol–water partition coefficient (Wildman–Crippen LogP) is 1.28. The SMILES string of the molecule is CC(N)CC(=O)N1CCCCC1CN1CCOCC1.Cl.Cl. The van der Waals surface area contributed by atoms with Gasteiger partial charge < -0.3 is 15.4 Å². The largest absolute Gasteiger partial charge is 0.379 e.